The van der Waals surface area contributed by atoms with Crippen LogP contribution < -0.4 is 5.43 Å². The van der Waals surface area contributed by atoms with Gasteiger partial charge in [-0.05, 0) is 42.5 Å². The lowest BCUT2D eigenvalue weighted by Gasteiger charge is -2.18. The molecule has 0 aromatic heterocycles. The van der Waals surface area contributed by atoms with Crippen molar-refractivity contribution < 1.29 is 14.4 Å². The van der Waals surface area contributed by atoms with Gasteiger partial charge in [-0.3, -0.25) is 19.8 Å². The number of hydrogen-bond acceptors (Lipinski definition) is 3. The average Bonchev–Trinajstić information content (AvgIpc) is 3.17. The molecule has 1 heterocycles. The van der Waals surface area contributed by atoms with E-state index in [0.29, 0.717) is 5.56 Å². The minimum absolute atomic E-state index is 0.140. The number of amides is 3. The Morgan fingerprint density at radius 3 is 2.14 bits per heavy atom. The first kappa shape index (κ1) is 13.7. The van der Waals surface area contributed by atoms with E-state index in [2.05, 4.69) is 21.4 Å². The Hall–Kier alpha value is -1.95. The van der Waals surface area contributed by atoms with E-state index in [-0.39, 0.29) is 35.5 Å². The van der Waals surface area contributed by atoms with Gasteiger partial charge in [0.1, 0.15) is 0 Å². The molecule has 1 N–H and O–H groups in total. The second-order valence-corrected chi connectivity index (χ2v) is 6.88. The van der Waals surface area contributed by atoms with Crippen LogP contribution in [-0.2, 0) is 9.59 Å². The summed E-state index contributed by atoms with van der Waals surface area (Å²) in [4.78, 5) is 37.1. The normalized spacial score (nSPS) is 31.8. The molecule has 2 aliphatic carbocycles. The smallest absolute Gasteiger partial charge is 0.270 e. The highest BCUT2D eigenvalue weighted by Gasteiger charge is 2.59. The molecule has 0 radical (unpaired) electrons. The zero-order valence-corrected chi connectivity index (χ0v) is 13.1. The lowest BCUT2D eigenvalue weighted by atomic mass is 9.85. The van der Waals surface area contributed by atoms with Gasteiger partial charge in [0.05, 0.1) is 11.8 Å². The molecule has 112 valence electrons. The van der Waals surface area contributed by atoms with Crippen molar-refractivity contribution in [1.29, 1.82) is 0 Å². The number of imide groups is 1. The Kier molecular flexibility index (Phi) is 2.97. The molecular weight excluding hydrogens is 348 g/mol. The van der Waals surface area contributed by atoms with Crippen molar-refractivity contribution in [3.05, 3.63) is 46.5 Å². The Morgan fingerprint density at radius 2 is 1.59 bits per heavy atom. The number of carbonyl (C=O) groups excluding carboxylic acids is 3. The molecule has 1 aromatic rings. The Bertz CT molecular complexity index is 683. The van der Waals surface area contributed by atoms with Gasteiger partial charge in [0.25, 0.3) is 17.7 Å². The molecule has 2 bridgehead atoms. The van der Waals surface area contributed by atoms with Crippen molar-refractivity contribution in [2.24, 2.45) is 23.7 Å². The average molecular weight is 361 g/mol. The number of hydrazine groups is 1. The number of nitrogens with one attached hydrogen (secondary N) is 1. The summed E-state index contributed by atoms with van der Waals surface area (Å²) in [6.07, 6.45) is 4.93. The van der Waals surface area contributed by atoms with E-state index in [0.717, 1.165) is 15.9 Å². The first-order valence-corrected chi connectivity index (χ1v) is 7.98. The van der Waals surface area contributed by atoms with Crippen LogP contribution in [0.3, 0.4) is 0 Å². The second-order valence-electron chi connectivity index (χ2n) is 5.96. The molecule has 3 amide bonds. The summed E-state index contributed by atoms with van der Waals surface area (Å²) in [5.74, 6) is -1.33. The summed E-state index contributed by atoms with van der Waals surface area (Å²) in [6.45, 7) is 0. The van der Waals surface area contributed by atoms with Crippen molar-refractivity contribution in [2.75, 3.05) is 0 Å². The lowest BCUT2D eigenvalue weighted by Crippen LogP contribution is -2.47. The third-order valence-corrected chi connectivity index (χ3v) is 5.32. The molecule has 3 aliphatic rings. The SMILES string of the molecule is O=C(NN1C(=O)[C@@H]2[C@H](C1=O)[C@H]1C=C[C@@H]2C1)c1ccc(Br)cc1. The number of allylic oxidation sites excluding steroid dienone is 2. The molecule has 2 fully saturated rings. The predicted octanol–water partition coefficient (Wildman–Crippen LogP) is 1.90. The predicted molar refractivity (Wildman–Crippen MR) is 81.2 cm³/mol. The minimum atomic E-state index is -0.450. The molecule has 22 heavy (non-hydrogen) atoms. The highest BCUT2D eigenvalue weighted by Crippen LogP contribution is 2.52. The van der Waals surface area contributed by atoms with Crippen LogP contribution in [-0.4, -0.2) is 22.7 Å². The fourth-order valence-electron chi connectivity index (χ4n) is 3.78. The van der Waals surface area contributed by atoms with Crippen LogP contribution in [0.5, 0.6) is 0 Å². The fourth-order valence-corrected chi connectivity index (χ4v) is 4.04. The first-order chi connectivity index (χ1) is 10.6. The standard InChI is InChI=1S/C16H13BrN2O3/c17-11-5-3-8(4-6-11)14(20)18-19-15(21)12-9-1-2-10(7-9)13(12)16(19)22/h1-6,9-10,12-13H,7H2,(H,18,20)/t9-,10+,12+,13-. The van der Waals surface area contributed by atoms with E-state index in [9.17, 15) is 14.4 Å². The second kappa shape index (κ2) is 4.78. The molecule has 4 atom stereocenters. The van der Waals surface area contributed by atoms with E-state index < -0.39 is 5.91 Å². The maximum Gasteiger partial charge on any atom is 0.270 e. The third kappa shape index (κ3) is 1.86. The zero-order valence-electron chi connectivity index (χ0n) is 11.5. The summed E-state index contributed by atoms with van der Waals surface area (Å²) < 4.78 is 0.856. The van der Waals surface area contributed by atoms with Crippen molar-refractivity contribution in [3.8, 4) is 0 Å². The maximum atomic E-state index is 12.5. The molecule has 4 rings (SSSR count). The Balaban J connectivity index is 1.54. The van der Waals surface area contributed by atoms with Crippen molar-refractivity contribution >= 4 is 33.7 Å². The van der Waals surface area contributed by atoms with Crippen LogP contribution in [0.2, 0.25) is 0 Å². The zero-order chi connectivity index (χ0) is 15.4. The molecular formula is C16H13BrN2O3. The molecule has 0 unspecified atom stereocenters. The van der Waals surface area contributed by atoms with Crippen LogP contribution >= 0.6 is 15.9 Å². The highest BCUT2D eigenvalue weighted by molar-refractivity contribution is 9.10. The van der Waals surface area contributed by atoms with E-state index >= 15 is 0 Å². The van der Waals surface area contributed by atoms with E-state index in [1.165, 1.54) is 0 Å². The first-order valence-electron chi connectivity index (χ1n) is 7.19. The summed E-state index contributed by atoms with van der Waals surface area (Å²) in [5, 5.41) is 0.922. The number of halogens is 1. The van der Waals surface area contributed by atoms with Gasteiger partial charge in [-0.2, -0.15) is 5.01 Å². The van der Waals surface area contributed by atoms with Crippen molar-refractivity contribution in [2.45, 2.75) is 6.42 Å². The molecule has 0 spiro atoms. The summed E-state index contributed by atoms with van der Waals surface area (Å²) in [6, 6.07) is 6.75. The molecule has 1 aliphatic heterocycles. The van der Waals surface area contributed by atoms with E-state index in [1.807, 2.05) is 12.2 Å². The number of fused-ring (bicyclic) bond motifs is 5. The van der Waals surface area contributed by atoms with Gasteiger partial charge in [-0.25, -0.2) is 0 Å². The van der Waals surface area contributed by atoms with E-state index in [1.54, 1.807) is 24.3 Å². The third-order valence-electron chi connectivity index (χ3n) is 4.79. The van der Waals surface area contributed by atoms with Crippen LogP contribution in [0.1, 0.15) is 16.8 Å². The minimum Gasteiger partial charge on any atom is -0.272 e. The molecule has 5 nitrogen and oxygen atoms in total. The van der Waals surface area contributed by atoms with E-state index in [4.69, 9.17) is 0 Å². The molecule has 6 heteroatoms. The number of nitrogens with zero attached hydrogens (tertiary/aromatic N) is 1. The number of carbonyl (C=O) groups is 3. The Morgan fingerprint density at radius 1 is 1.05 bits per heavy atom. The maximum absolute atomic E-state index is 12.5. The topological polar surface area (TPSA) is 66.5 Å². The summed E-state index contributed by atoms with van der Waals surface area (Å²) in [7, 11) is 0. The Labute approximate surface area is 135 Å². The number of hydrogen-bond donors (Lipinski definition) is 1. The van der Waals surface area contributed by atoms with Crippen LogP contribution in [0.4, 0.5) is 0 Å². The van der Waals surface area contributed by atoms with Gasteiger partial charge in [0.2, 0.25) is 0 Å². The quantitative estimate of drug-likeness (QED) is 0.646. The largest absolute Gasteiger partial charge is 0.272 e. The van der Waals surface area contributed by atoms with Crippen molar-refractivity contribution in [1.82, 2.24) is 10.4 Å². The van der Waals surface area contributed by atoms with Crippen LogP contribution in [0.15, 0.2) is 40.9 Å². The highest BCUT2D eigenvalue weighted by atomic mass is 79.9. The van der Waals surface area contributed by atoms with Crippen LogP contribution in [0.25, 0.3) is 0 Å². The summed E-state index contributed by atoms with van der Waals surface area (Å²) >= 11 is 3.30. The molecule has 1 aromatic carbocycles. The number of benzene rings is 1. The fraction of sp³-hybridized carbons (Fsp3) is 0.312. The number of rotatable bonds is 2. The molecule has 1 saturated carbocycles. The van der Waals surface area contributed by atoms with Gasteiger partial charge < -0.3 is 0 Å². The van der Waals surface area contributed by atoms with Crippen LogP contribution in [0, 0.1) is 23.7 Å². The van der Waals surface area contributed by atoms with Gasteiger partial charge in [0, 0.05) is 10.0 Å². The summed E-state index contributed by atoms with van der Waals surface area (Å²) in [5.41, 5.74) is 2.87. The van der Waals surface area contributed by atoms with Gasteiger partial charge in [0.15, 0.2) is 0 Å². The molecule has 1 saturated heterocycles. The monoisotopic (exact) mass is 360 g/mol. The van der Waals surface area contributed by atoms with Gasteiger partial charge in [-0.1, -0.05) is 28.1 Å². The van der Waals surface area contributed by atoms with Crippen molar-refractivity contribution in [3.63, 3.8) is 0 Å². The lowest BCUT2D eigenvalue weighted by molar-refractivity contribution is -0.143. The van der Waals surface area contributed by atoms with Gasteiger partial charge >= 0.3 is 0 Å². The van der Waals surface area contributed by atoms with Gasteiger partial charge in [-0.15, -0.1) is 0 Å².